The maximum Gasteiger partial charge on any atom is 0.249 e. The molecule has 9 heteroatoms. The smallest absolute Gasteiger partial charge is 0.249 e. The van der Waals surface area contributed by atoms with Crippen molar-refractivity contribution in [3.05, 3.63) is 49.0 Å². The number of rotatable bonds is 5. The Morgan fingerprint density at radius 1 is 1.19 bits per heavy atom. The van der Waals surface area contributed by atoms with Gasteiger partial charge in [0.2, 0.25) is 11.7 Å². The lowest BCUT2D eigenvalue weighted by atomic mass is 10.2. The molecule has 8 nitrogen and oxygen atoms in total. The number of nitrogens with zero attached hydrogens (tertiary/aromatic N) is 7. The SMILES string of the molecule is CC(c1nc(-c2cccnc2)no1)n1ccnc1-c1cnc(N(C)C)s1. The molecule has 0 spiro atoms. The number of aromatic nitrogens is 6. The highest BCUT2D eigenvalue weighted by Crippen LogP contribution is 2.32. The monoisotopic (exact) mass is 367 g/mol. The molecule has 1 atom stereocenters. The van der Waals surface area contributed by atoms with Crippen LogP contribution < -0.4 is 4.90 Å². The van der Waals surface area contributed by atoms with Gasteiger partial charge < -0.3 is 14.0 Å². The van der Waals surface area contributed by atoms with Gasteiger partial charge >= 0.3 is 0 Å². The van der Waals surface area contributed by atoms with Gasteiger partial charge in [-0.25, -0.2) is 9.97 Å². The van der Waals surface area contributed by atoms with Crippen molar-refractivity contribution < 1.29 is 4.52 Å². The molecule has 0 saturated carbocycles. The predicted molar refractivity (Wildman–Crippen MR) is 99.0 cm³/mol. The third-order valence-corrected chi connectivity index (χ3v) is 5.06. The molecule has 4 rings (SSSR count). The van der Waals surface area contributed by atoms with E-state index in [1.54, 1.807) is 29.9 Å². The molecule has 0 fully saturated rings. The molecule has 0 aliphatic heterocycles. The van der Waals surface area contributed by atoms with E-state index in [-0.39, 0.29) is 6.04 Å². The Morgan fingerprint density at radius 2 is 2.08 bits per heavy atom. The van der Waals surface area contributed by atoms with E-state index < -0.39 is 0 Å². The highest BCUT2D eigenvalue weighted by molar-refractivity contribution is 7.18. The highest BCUT2D eigenvalue weighted by atomic mass is 32.1. The molecule has 4 heterocycles. The van der Waals surface area contributed by atoms with Crippen LogP contribution in [0.15, 0.2) is 47.6 Å². The van der Waals surface area contributed by atoms with E-state index in [2.05, 4.69) is 25.1 Å². The molecule has 0 aromatic carbocycles. The van der Waals surface area contributed by atoms with Crippen LogP contribution in [-0.2, 0) is 0 Å². The average molecular weight is 367 g/mol. The number of pyridine rings is 1. The van der Waals surface area contributed by atoms with Crippen molar-refractivity contribution in [2.45, 2.75) is 13.0 Å². The fourth-order valence-corrected chi connectivity index (χ4v) is 3.37. The molecule has 0 radical (unpaired) electrons. The van der Waals surface area contributed by atoms with Crippen molar-refractivity contribution in [3.8, 4) is 22.1 Å². The summed E-state index contributed by atoms with van der Waals surface area (Å²) in [5.41, 5.74) is 0.818. The molecule has 0 bridgehead atoms. The predicted octanol–water partition coefficient (Wildman–Crippen LogP) is 3.13. The minimum Gasteiger partial charge on any atom is -0.354 e. The van der Waals surface area contributed by atoms with Gasteiger partial charge in [0.15, 0.2) is 11.0 Å². The first kappa shape index (κ1) is 16.4. The van der Waals surface area contributed by atoms with Crippen LogP contribution in [-0.4, -0.2) is 43.8 Å². The van der Waals surface area contributed by atoms with Gasteiger partial charge in [0.05, 0.1) is 11.1 Å². The minimum absolute atomic E-state index is 0.157. The number of hydrogen-bond acceptors (Lipinski definition) is 8. The van der Waals surface area contributed by atoms with E-state index in [9.17, 15) is 0 Å². The number of imidazole rings is 1. The zero-order valence-corrected chi connectivity index (χ0v) is 15.4. The summed E-state index contributed by atoms with van der Waals surface area (Å²) in [4.78, 5) is 20.5. The summed E-state index contributed by atoms with van der Waals surface area (Å²) < 4.78 is 7.49. The van der Waals surface area contributed by atoms with E-state index in [1.807, 2.05) is 55.0 Å². The lowest BCUT2D eigenvalue weighted by Crippen LogP contribution is -2.08. The second-order valence-electron chi connectivity index (χ2n) is 5.93. The molecule has 4 aromatic rings. The van der Waals surface area contributed by atoms with Crippen molar-refractivity contribution in [1.29, 1.82) is 0 Å². The lowest BCUT2D eigenvalue weighted by Gasteiger charge is -2.11. The van der Waals surface area contributed by atoms with Gasteiger partial charge in [-0.15, -0.1) is 0 Å². The quantitative estimate of drug-likeness (QED) is 0.535. The maximum atomic E-state index is 5.48. The average Bonchev–Trinajstić information content (AvgIpc) is 3.41. The van der Waals surface area contributed by atoms with Gasteiger partial charge in [0.25, 0.3) is 0 Å². The van der Waals surface area contributed by atoms with E-state index in [1.165, 1.54) is 0 Å². The highest BCUT2D eigenvalue weighted by Gasteiger charge is 2.21. The Hall–Kier alpha value is -3.07. The fourth-order valence-electron chi connectivity index (χ4n) is 2.53. The van der Waals surface area contributed by atoms with Crippen LogP contribution in [0.3, 0.4) is 0 Å². The maximum absolute atomic E-state index is 5.48. The third-order valence-electron chi connectivity index (χ3n) is 3.90. The van der Waals surface area contributed by atoms with Gasteiger partial charge in [-0.05, 0) is 19.1 Å². The molecule has 4 aromatic heterocycles. The van der Waals surface area contributed by atoms with Gasteiger partial charge in [0.1, 0.15) is 6.04 Å². The van der Waals surface area contributed by atoms with Gasteiger partial charge in [0, 0.05) is 44.4 Å². The van der Waals surface area contributed by atoms with Crippen LogP contribution in [0.25, 0.3) is 22.1 Å². The van der Waals surface area contributed by atoms with Crippen LogP contribution >= 0.6 is 11.3 Å². The molecular weight excluding hydrogens is 350 g/mol. The van der Waals surface area contributed by atoms with Gasteiger partial charge in [-0.3, -0.25) is 4.98 Å². The number of thiazole rings is 1. The molecule has 0 aliphatic carbocycles. The Labute approximate surface area is 154 Å². The van der Waals surface area contributed by atoms with Crippen molar-refractivity contribution in [1.82, 2.24) is 29.7 Å². The molecular formula is C17H17N7OS. The lowest BCUT2D eigenvalue weighted by molar-refractivity contribution is 0.346. The molecule has 0 saturated heterocycles. The van der Waals surface area contributed by atoms with Crippen molar-refractivity contribution in [2.75, 3.05) is 19.0 Å². The normalized spacial score (nSPS) is 12.3. The summed E-state index contributed by atoms with van der Waals surface area (Å²) in [6, 6.07) is 3.58. The van der Waals surface area contributed by atoms with E-state index in [0.29, 0.717) is 11.7 Å². The van der Waals surface area contributed by atoms with E-state index in [4.69, 9.17) is 4.52 Å². The fraction of sp³-hybridized carbons (Fsp3) is 0.235. The van der Waals surface area contributed by atoms with Crippen LogP contribution in [0.2, 0.25) is 0 Å². The number of anilines is 1. The zero-order chi connectivity index (χ0) is 18.1. The Kier molecular flexibility index (Phi) is 4.21. The summed E-state index contributed by atoms with van der Waals surface area (Å²) in [6.07, 6.45) is 8.92. The Morgan fingerprint density at radius 3 is 2.81 bits per heavy atom. The number of hydrogen-bond donors (Lipinski definition) is 0. The second kappa shape index (κ2) is 6.68. The Balaban J connectivity index is 1.64. The molecule has 26 heavy (non-hydrogen) atoms. The molecule has 0 amide bonds. The standard InChI is InChI=1S/C17H17N7OS/c1-11(16-21-14(22-25-16)12-5-4-6-18-9-12)24-8-7-19-15(24)13-10-20-17(26-13)23(2)3/h4-11H,1-3H3. The van der Waals surface area contributed by atoms with Crippen LogP contribution in [0.5, 0.6) is 0 Å². The van der Waals surface area contributed by atoms with Gasteiger partial charge in [-0.2, -0.15) is 4.98 Å². The van der Waals surface area contributed by atoms with Crippen LogP contribution in [0, 0.1) is 0 Å². The largest absolute Gasteiger partial charge is 0.354 e. The van der Waals surface area contributed by atoms with Crippen LogP contribution in [0.1, 0.15) is 18.9 Å². The molecule has 0 N–H and O–H groups in total. The molecule has 0 aliphatic rings. The summed E-state index contributed by atoms with van der Waals surface area (Å²) in [6.45, 7) is 2.00. The molecule has 1 unspecified atom stereocenters. The van der Waals surface area contributed by atoms with Crippen molar-refractivity contribution in [3.63, 3.8) is 0 Å². The van der Waals surface area contributed by atoms with Crippen molar-refractivity contribution >= 4 is 16.5 Å². The summed E-state index contributed by atoms with van der Waals surface area (Å²) in [7, 11) is 3.94. The molecule has 132 valence electrons. The first-order chi connectivity index (χ1) is 12.6. The van der Waals surface area contributed by atoms with Crippen molar-refractivity contribution in [2.24, 2.45) is 0 Å². The first-order valence-electron chi connectivity index (χ1n) is 8.04. The third kappa shape index (κ3) is 2.97. The summed E-state index contributed by atoms with van der Waals surface area (Å²) >= 11 is 1.58. The first-order valence-corrected chi connectivity index (χ1v) is 8.85. The summed E-state index contributed by atoms with van der Waals surface area (Å²) in [5.74, 6) is 1.86. The minimum atomic E-state index is -0.157. The zero-order valence-electron chi connectivity index (χ0n) is 14.6. The summed E-state index contributed by atoms with van der Waals surface area (Å²) in [5, 5.41) is 5.00. The Bertz CT molecular complexity index is 1000. The van der Waals surface area contributed by atoms with Gasteiger partial charge in [-0.1, -0.05) is 16.5 Å². The van der Waals surface area contributed by atoms with E-state index >= 15 is 0 Å². The van der Waals surface area contributed by atoms with E-state index in [0.717, 1.165) is 21.4 Å². The second-order valence-corrected chi connectivity index (χ2v) is 6.94. The van der Waals surface area contributed by atoms with Crippen LogP contribution in [0.4, 0.5) is 5.13 Å². The topological polar surface area (TPSA) is 85.8 Å².